The molecule has 0 unspecified atom stereocenters. The third kappa shape index (κ3) is 3.07. The molecule has 5 rings (SSSR count). The maximum Gasteiger partial charge on any atom is 0.319 e. The van der Waals surface area contributed by atoms with Gasteiger partial charge < -0.3 is 19.7 Å². The summed E-state index contributed by atoms with van der Waals surface area (Å²) in [5.41, 5.74) is 0.325. The fourth-order valence-corrected chi connectivity index (χ4v) is 4.31. The highest BCUT2D eigenvalue weighted by atomic mass is 16.2. The first-order chi connectivity index (χ1) is 13.0. The van der Waals surface area contributed by atoms with Gasteiger partial charge in [0.25, 0.3) is 11.5 Å². The van der Waals surface area contributed by atoms with Crippen LogP contribution in [-0.2, 0) is 0 Å². The number of pyridine rings is 1. The molecule has 27 heavy (non-hydrogen) atoms. The molecule has 4 heterocycles. The van der Waals surface area contributed by atoms with Crippen LogP contribution in [0, 0.1) is 5.92 Å². The lowest BCUT2D eigenvalue weighted by Gasteiger charge is -2.36. The highest BCUT2D eigenvalue weighted by Crippen LogP contribution is 2.30. The Morgan fingerprint density at radius 3 is 2.56 bits per heavy atom. The van der Waals surface area contributed by atoms with E-state index in [1.807, 2.05) is 21.9 Å². The summed E-state index contributed by atoms with van der Waals surface area (Å²) in [5.74, 6) is 0.210. The normalized spacial score (nSPS) is 22.0. The molecule has 3 fully saturated rings. The van der Waals surface area contributed by atoms with Gasteiger partial charge in [-0.15, -0.1) is 0 Å². The number of aromatic nitrogens is 1. The van der Waals surface area contributed by atoms with E-state index in [1.165, 1.54) is 6.20 Å². The molecular weight excluding hydrogens is 344 g/mol. The number of hydrogen-bond acceptors (Lipinski definition) is 3. The van der Waals surface area contributed by atoms with Crippen molar-refractivity contribution in [3.8, 4) is 0 Å². The molecule has 3 aliphatic rings. The number of benzene rings is 1. The lowest BCUT2D eigenvalue weighted by Crippen LogP contribution is -2.48. The van der Waals surface area contributed by atoms with Crippen LogP contribution in [-0.4, -0.2) is 71.4 Å². The Balaban J connectivity index is 1.67. The molecule has 7 nitrogen and oxygen atoms in total. The lowest BCUT2D eigenvalue weighted by atomic mass is 9.94. The van der Waals surface area contributed by atoms with Crippen LogP contribution in [0.4, 0.5) is 4.79 Å². The van der Waals surface area contributed by atoms with E-state index in [9.17, 15) is 14.4 Å². The molecule has 1 aromatic heterocycles. The van der Waals surface area contributed by atoms with Gasteiger partial charge in [-0.1, -0.05) is 18.2 Å². The molecule has 0 radical (unpaired) electrons. The quantitative estimate of drug-likeness (QED) is 0.833. The summed E-state index contributed by atoms with van der Waals surface area (Å²) in [6.45, 7) is 1.89. The van der Waals surface area contributed by atoms with Gasteiger partial charge >= 0.3 is 6.03 Å². The number of piperidine rings is 1. The Labute approximate surface area is 157 Å². The third-order valence-corrected chi connectivity index (χ3v) is 5.67. The van der Waals surface area contributed by atoms with Crippen molar-refractivity contribution in [3.05, 3.63) is 46.4 Å². The first-order valence-electron chi connectivity index (χ1n) is 9.33. The van der Waals surface area contributed by atoms with Crippen LogP contribution >= 0.6 is 0 Å². The summed E-state index contributed by atoms with van der Waals surface area (Å²) in [7, 11) is 3.51. The Hall–Kier alpha value is -2.83. The van der Waals surface area contributed by atoms with Gasteiger partial charge in [-0.25, -0.2) is 4.79 Å². The van der Waals surface area contributed by atoms with Crippen molar-refractivity contribution in [2.24, 2.45) is 5.92 Å². The summed E-state index contributed by atoms with van der Waals surface area (Å²) < 4.78 is 0. The minimum absolute atomic E-state index is 0.00399. The standard InChI is InChI=1S/C20H24N4O3/c1-22(2)20(27)23-10-13-7-8-14(12-23)24(11-13)19(26)17-9-21-18(25)16-6-4-3-5-15(16)17/h3-6,9,13-14H,7-8,10-12H2,1-2H3,(H,21,25)/t13-,14+/m1/s1. The number of carbonyl (C=O) groups is 2. The highest BCUT2D eigenvalue weighted by molar-refractivity contribution is 6.06. The van der Waals surface area contributed by atoms with Gasteiger partial charge in [-0.2, -0.15) is 0 Å². The van der Waals surface area contributed by atoms with Crippen molar-refractivity contribution in [2.45, 2.75) is 18.9 Å². The molecule has 2 atom stereocenters. The summed E-state index contributed by atoms with van der Waals surface area (Å²) in [6, 6.07) is 7.18. The van der Waals surface area contributed by atoms with Crippen molar-refractivity contribution in [1.29, 1.82) is 0 Å². The molecule has 2 aromatic rings. The molecular formula is C20H24N4O3. The number of carbonyl (C=O) groups excluding carboxylic acids is 2. The van der Waals surface area contributed by atoms with Crippen LogP contribution in [0.5, 0.6) is 0 Å². The van der Waals surface area contributed by atoms with Crippen molar-refractivity contribution >= 4 is 22.7 Å². The zero-order valence-corrected chi connectivity index (χ0v) is 15.6. The number of H-pyrrole nitrogens is 1. The van der Waals surface area contributed by atoms with E-state index >= 15 is 0 Å². The number of nitrogens with one attached hydrogen (secondary N) is 1. The molecule has 142 valence electrons. The van der Waals surface area contributed by atoms with Crippen molar-refractivity contribution in [3.63, 3.8) is 0 Å². The van der Waals surface area contributed by atoms with Gasteiger partial charge in [0.2, 0.25) is 0 Å². The summed E-state index contributed by atoms with van der Waals surface area (Å²) >= 11 is 0. The van der Waals surface area contributed by atoms with Gasteiger partial charge in [-0.05, 0) is 24.8 Å². The van der Waals surface area contributed by atoms with Gasteiger partial charge in [0.05, 0.1) is 5.56 Å². The number of amides is 3. The Bertz CT molecular complexity index is 952. The average molecular weight is 368 g/mol. The van der Waals surface area contributed by atoms with E-state index in [-0.39, 0.29) is 29.5 Å². The fraction of sp³-hybridized carbons (Fsp3) is 0.450. The topological polar surface area (TPSA) is 76.7 Å². The van der Waals surface area contributed by atoms with Crippen LogP contribution in [0.15, 0.2) is 35.3 Å². The van der Waals surface area contributed by atoms with E-state index in [2.05, 4.69) is 4.98 Å². The summed E-state index contributed by atoms with van der Waals surface area (Å²) in [5, 5.41) is 1.19. The second kappa shape index (κ2) is 6.72. The van der Waals surface area contributed by atoms with Crippen LogP contribution in [0.3, 0.4) is 0 Å². The summed E-state index contributed by atoms with van der Waals surface area (Å²) in [4.78, 5) is 45.9. The van der Waals surface area contributed by atoms with E-state index in [0.29, 0.717) is 36.0 Å². The van der Waals surface area contributed by atoms with E-state index < -0.39 is 0 Å². The zero-order valence-electron chi connectivity index (χ0n) is 15.6. The molecule has 3 saturated heterocycles. The maximum absolute atomic E-state index is 13.4. The van der Waals surface area contributed by atoms with Crippen LogP contribution < -0.4 is 5.56 Å². The van der Waals surface area contributed by atoms with Crippen LogP contribution in [0.2, 0.25) is 0 Å². The largest absolute Gasteiger partial charge is 0.333 e. The number of urea groups is 1. The average Bonchev–Trinajstić information content (AvgIpc) is 2.99. The van der Waals surface area contributed by atoms with Crippen molar-refractivity contribution in [1.82, 2.24) is 19.7 Å². The third-order valence-electron chi connectivity index (χ3n) is 5.67. The molecule has 0 aliphatic carbocycles. The van der Waals surface area contributed by atoms with E-state index in [4.69, 9.17) is 0 Å². The first kappa shape index (κ1) is 17.6. The van der Waals surface area contributed by atoms with E-state index in [0.717, 1.165) is 12.8 Å². The second-order valence-electron chi connectivity index (χ2n) is 7.71. The van der Waals surface area contributed by atoms with Gasteiger partial charge in [-0.3, -0.25) is 9.59 Å². The summed E-state index contributed by atoms with van der Waals surface area (Å²) in [6.07, 6.45) is 3.45. The molecule has 1 N–H and O–H groups in total. The smallest absolute Gasteiger partial charge is 0.319 e. The lowest BCUT2D eigenvalue weighted by molar-refractivity contribution is 0.0587. The van der Waals surface area contributed by atoms with Crippen LogP contribution in [0.25, 0.3) is 10.8 Å². The molecule has 2 bridgehead atoms. The van der Waals surface area contributed by atoms with Gasteiger partial charge in [0.15, 0.2) is 0 Å². The molecule has 0 spiro atoms. The number of fused-ring (bicyclic) bond motifs is 5. The number of aromatic amines is 1. The minimum Gasteiger partial charge on any atom is -0.333 e. The molecule has 3 aliphatic heterocycles. The maximum atomic E-state index is 13.4. The monoisotopic (exact) mass is 368 g/mol. The Morgan fingerprint density at radius 1 is 1.07 bits per heavy atom. The molecule has 3 amide bonds. The van der Waals surface area contributed by atoms with Crippen molar-refractivity contribution in [2.75, 3.05) is 33.7 Å². The molecule has 7 heteroatoms. The molecule has 0 saturated carbocycles. The van der Waals surface area contributed by atoms with Crippen LogP contribution in [0.1, 0.15) is 23.2 Å². The number of hydrogen-bond donors (Lipinski definition) is 1. The highest BCUT2D eigenvalue weighted by Gasteiger charge is 2.39. The SMILES string of the molecule is CN(C)C(=O)N1C[C@H]2CC[C@@H](C1)N(C(=O)c1c[nH]c(=O)c3ccccc13)C2. The first-order valence-corrected chi connectivity index (χ1v) is 9.33. The zero-order chi connectivity index (χ0) is 19.1. The van der Waals surface area contributed by atoms with Gasteiger partial charge in [0, 0.05) is 56.7 Å². The Kier molecular flexibility index (Phi) is 4.37. The predicted molar refractivity (Wildman–Crippen MR) is 103 cm³/mol. The second-order valence-corrected chi connectivity index (χ2v) is 7.71. The number of nitrogens with zero attached hydrogens (tertiary/aromatic N) is 3. The van der Waals surface area contributed by atoms with Gasteiger partial charge in [0.1, 0.15) is 0 Å². The fourth-order valence-electron chi connectivity index (χ4n) is 4.31. The van der Waals surface area contributed by atoms with E-state index in [1.54, 1.807) is 31.1 Å². The number of rotatable bonds is 1. The molecule has 1 aromatic carbocycles. The van der Waals surface area contributed by atoms with Crippen molar-refractivity contribution < 1.29 is 9.59 Å². The minimum atomic E-state index is -0.192. The Morgan fingerprint density at radius 2 is 1.81 bits per heavy atom. The predicted octanol–water partition coefficient (Wildman–Crippen LogP) is 1.75.